The minimum absolute atomic E-state index is 0.105. The van der Waals surface area contributed by atoms with Crippen molar-refractivity contribution in [3.63, 3.8) is 0 Å². The first-order valence-corrected chi connectivity index (χ1v) is 3.01. The van der Waals surface area contributed by atoms with Gasteiger partial charge in [-0.05, 0) is 12.8 Å². The van der Waals surface area contributed by atoms with Crippen molar-refractivity contribution >= 4 is 0 Å². The van der Waals surface area contributed by atoms with Gasteiger partial charge in [0.25, 0.3) is 5.92 Å². The van der Waals surface area contributed by atoms with Crippen LogP contribution in [0.2, 0.25) is 0 Å². The van der Waals surface area contributed by atoms with Gasteiger partial charge in [0.2, 0.25) is 0 Å². The molecule has 8 heavy (non-hydrogen) atoms. The van der Waals surface area contributed by atoms with Gasteiger partial charge in [0.15, 0.2) is 0 Å². The van der Waals surface area contributed by atoms with Crippen LogP contribution in [0.15, 0.2) is 0 Å². The highest BCUT2D eigenvalue weighted by Crippen LogP contribution is 2.39. The SMILES string of the molecule is C[C@H]1CCCC1(F)F. The molecule has 1 fully saturated rings. The van der Waals surface area contributed by atoms with E-state index in [1.165, 1.54) is 0 Å². The summed E-state index contributed by atoms with van der Waals surface area (Å²) in [7, 11) is 0. The summed E-state index contributed by atoms with van der Waals surface area (Å²) >= 11 is 0. The third-order valence-corrected chi connectivity index (χ3v) is 1.87. The van der Waals surface area contributed by atoms with E-state index in [1.807, 2.05) is 0 Å². The molecule has 1 aliphatic rings. The lowest BCUT2D eigenvalue weighted by molar-refractivity contribution is -0.0299. The van der Waals surface area contributed by atoms with Crippen LogP contribution in [-0.2, 0) is 0 Å². The van der Waals surface area contributed by atoms with Crippen molar-refractivity contribution in [1.82, 2.24) is 0 Å². The molecule has 1 aliphatic carbocycles. The van der Waals surface area contributed by atoms with E-state index in [2.05, 4.69) is 0 Å². The zero-order valence-electron chi connectivity index (χ0n) is 4.95. The molecule has 1 saturated carbocycles. The molecule has 0 aromatic carbocycles. The molecule has 1 rings (SSSR count). The molecule has 2 heteroatoms. The van der Waals surface area contributed by atoms with E-state index in [0.717, 1.165) is 0 Å². The van der Waals surface area contributed by atoms with Gasteiger partial charge in [-0.2, -0.15) is 0 Å². The second-order valence-corrected chi connectivity index (χ2v) is 2.55. The third kappa shape index (κ3) is 0.837. The van der Waals surface area contributed by atoms with Gasteiger partial charge in [0.1, 0.15) is 0 Å². The second-order valence-electron chi connectivity index (χ2n) is 2.55. The summed E-state index contributed by atoms with van der Waals surface area (Å²) in [6.45, 7) is 1.62. The van der Waals surface area contributed by atoms with Crippen LogP contribution in [0.3, 0.4) is 0 Å². The molecular weight excluding hydrogens is 110 g/mol. The smallest absolute Gasteiger partial charge is 0.207 e. The highest BCUT2D eigenvalue weighted by atomic mass is 19.3. The second kappa shape index (κ2) is 1.67. The first kappa shape index (κ1) is 5.99. The standard InChI is InChI=1S/C6H10F2/c1-5-3-2-4-6(5,7)8/h5H,2-4H2,1H3/t5-/m0/s1. The maximum absolute atomic E-state index is 12.3. The van der Waals surface area contributed by atoms with Gasteiger partial charge in [-0.25, -0.2) is 8.78 Å². The highest BCUT2D eigenvalue weighted by Gasteiger charge is 2.40. The van der Waals surface area contributed by atoms with Gasteiger partial charge in [0, 0.05) is 12.3 Å². The molecule has 1 atom stereocenters. The van der Waals surface area contributed by atoms with Crippen molar-refractivity contribution in [2.75, 3.05) is 0 Å². The predicted octanol–water partition coefficient (Wildman–Crippen LogP) is 2.44. The maximum Gasteiger partial charge on any atom is 0.250 e. The van der Waals surface area contributed by atoms with Crippen LogP contribution in [0.4, 0.5) is 8.78 Å². The van der Waals surface area contributed by atoms with Gasteiger partial charge in [0.05, 0.1) is 0 Å². The largest absolute Gasteiger partial charge is 0.250 e. The quantitative estimate of drug-likeness (QED) is 0.460. The van der Waals surface area contributed by atoms with Crippen molar-refractivity contribution < 1.29 is 8.78 Å². The Labute approximate surface area is 47.9 Å². The Kier molecular flexibility index (Phi) is 1.25. The fourth-order valence-electron chi connectivity index (χ4n) is 1.10. The van der Waals surface area contributed by atoms with E-state index in [1.54, 1.807) is 6.92 Å². The van der Waals surface area contributed by atoms with E-state index in [9.17, 15) is 8.78 Å². The van der Waals surface area contributed by atoms with Crippen molar-refractivity contribution in [3.05, 3.63) is 0 Å². The molecule has 0 amide bonds. The highest BCUT2D eigenvalue weighted by molar-refractivity contribution is 4.80. The van der Waals surface area contributed by atoms with Crippen molar-refractivity contribution in [2.45, 2.75) is 32.1 Å². The monoisotopic (exact) mass is 120 g/mol. The van der Waals surface area contributed by atoms with Crippen LogP contribution in [-0.4, -0.2) is 5.92 Å². The summed E-state index contributed by atoms with van der Waals surface area (Å²) < 4.78 is 24.7. The molecule has 0 aromatic rings. The summed E-state index contributed by atoms with van der Waals surface area (Å²) in [5, 5.41) is 0. The number of alkyl halides is 2. The lowest BCUT2D eigenvalue weighted by Gasteiger charge is -2.12. The molecular formula is C6H10F2. The number of hydrogen-bond donors (Lipinski definition) is 0. The van der Waals surface area contributed by atoms with Crippen LogP contribution in [0, 0.1) is 5.92 Å². The van der Waals surface area contributed by atoms with Crippen LogP contribution in [0.25, 0.3) is 0 Å². The van der Waals surface area contributed by atoms with Crippen molar-refractivity contribution in [3.8, 4) is 0 Å². The van der Waals surface area contributed by atoms with E-state index >= 15 is 0 Å². The van der Waals surface area contributed by atoms with Gasteiger partial charge < -0.3 is 0 Å². The Balaban J connectivity index is 2.54. The lowest BCUT2D eigenvalue weighted by atomic mass is 10.1. The van der Waals surface area contributed by atoms with E-state index in [0.29, 0.717) is 12.8 Å². The van der Waals surface area contributed by atoms with E-state index in [4.69, 9.17) is 0 Å². The number of halogens is 2. The molecule has 0 bridgehead atoms. The molecule has 0 spiro atoms. The number of hydrogen-bond acceptors (Lipinski definition) is 0. The molecule has 0 heterocycles. The Bertz CT molecular complexity index is 88.5. The summed E-state index contributed by atoms with van der Waals surface area (Å²) in [4.78, 5) is 0. The van der Waals surface area contributed by atoms with Gasteiger partial charge >= 0.3 is 0 Å². The topological polar surface area (TPSA) is 0 Å². The maximum atomic E-state index is 12.3. The van der Waals surface area contributed by atoms with Crippen LogP contribution in [0.1, 0.15) is 26.2 Å². The van der Waals surface area contributed by atoms with Crippen molar-refractivity contribution in [1.29, 1.82) is 0 Å². The molecule has 0 saturated heterocycles. The molecule has 0 aromatic heterocycles. The van der Waals surface area contributed by atoms with Crippen molar-refractivity contribution in [2.24, 2.45) is 5.92 Å². The first-order chi connectivity index (χ1) is 3.63. The molecule has 0 unspecified atom stereocenters. The van der Waals surface area contributed by atoms with Crippen LogP contribution >= 0.6 is 0 Å². The fraction of sp³-hybridized carbons (Fsp3) is 1.00. The Hall–Kier alpha value is -0.140. The summed E-state index contributed by atoms with van der Waals surface area (Å²) in [5.41, 5.74) is 0. The Morgan fingerprint density at radius 1 is 1.50 bits per heavy atom. The average Bonchev–Trinajstić information content (AvgIpc) is 1.86. The van der Waals surface area contributed by atoms with Crippen LogP contribution < -0.4 is 0 Å². The van der Waals surface area contributed by atoms with E-state index in [-0.39, 0.29) is 12.3 Å². The summed E-state index contributed by atoms with van der Waals surface area (Å²) in [6, 6.07) is 0. The average molecular weight is 120 g/mol. The Morgan fingerprint density at radius 2 is 2.12 bits per heavy atom. The van der Waals surface area contributed by atoms with Crippen LogP contribution in [0.5, 0.6) is 0 Å². The molecule has 0 radical (unpaired) electrons. The molecule has 0 aliphatic heterocycles. The van der Waals surface area contributed by atoms with E-state index < -0.39 is 5.92 Å². The Morgan fingerprint density at radius 3 is 2.25 bits per heavy atom. The van der Waals surface area contributed by atoms with Gasteiger partial charge in [-0.3, -0.25) is 0 Å². The molecule has 0 nitrogen and oxygen atoms in total. The summed E-state index contributed by atoms with van der Waals surface area (Å²) in [6.07, 6.45) is 1.51. The zero-order valence-corrected chi connectivity index (χ0v) is 4.95. The predicted molar refractivity (Wildman–Crippen MR) is 28.0 cm³/mol. The summed E-state index contributed by atoms with van der Waals surface area (Å²) in [5.74, 6) is -2.72. The van der Waals surface area contributed by atoms with Gasteiger partial charge in [-0.1, -0.05) is 6.92 Å². The zero-order chi connectivity index (χ0) is 6.20. The fourth-order valence-corrected chi connectivity index (χ4v) is 1.10. The minimum Gasteiger partial charge on any atom is -0.207 e. The molecule has 0 N–H and O–H groups in total. The first-order valence-electron chi connectivity index (χ1n) is 3.01. The minimum atomic E-state index is -2.35. The number of rotatable bonds is 0. The normalized spacial score (nSPS) is 35.6. The lowest BCUT2D eigenvalue weighted by Crippen LogP contribution is -2.17. The van der Waals surface area contributed by atoms with Gasteiger partial charge in [-0.15, -0.1) is 0 Å². The third-order valence-electron chi connectivity index (χ3n) is 1.87. The molecule has 48 valence electrons.